The number of hydrogen-bond acceptors (Lipinski definition) is 3. The van der Waals surface area contributed by atoms with Gasteiger partial charge in [-0.2, -0.15) is 13.2 Å². The molecule has 2 amide bonds. The molecule has 4 rings (SSSR count). The number of thioether (sulfide) groups is 1. The average Bonchev–Trinajstić information content (AvgIpc) is 3.17. The van der Waals surface area contributed by atoms with E-state index in [1.807, 2.05) is 18.2 Å². The predicted molar refractivity (Wildman–Crippen MR) is 99.9 cm³/mol. The van der Waals surface area contributed by atoms with Crippen LogP contribution in [0.4, 0.5) is 18.9 Å². The second-order valence-corrected chi connectivity index (χ2v) is 8.06. The average molecular weight is 406 g/mol. The molecule has 0 aromatic heterocycles. The lowest BCUT2D eigenvalue weighted by molar-refractivity contribution is -0.138. The van der Waals surface area contributed by atoms with Gasteiger partial charge < -0.3 is 5.32 Å². The molecule has 0 saturated carbocycles. The monoisotopic (exact) mass is 406 g/mol. The van der Waals surface area contributed by atoms with E-state index in [9.17, 15) is 22.8 Å². The molecular formula is C20H17F3N2O2S. The number of rotatable bonds is 4. The second-order valence-electron chi connectivity index (χ2n) is 6.74. The third-order valence-corrected chi connectivity index (χ3v) is 6.51. The Morgan fingerprint density at radius 3 is 2.64 bits per heavy atom. The van der Waals surface area contributed by atoms with Crippen molar-refractivity contribution in [1.82, 2.24) is 5.32 Å². The predicted octanol–water partition coefficient (Wildman–Crippen LogP) is 3.99. The van der Waals surface area contributed by atoms with Crippen LogP contribution in [0.25, 0.3) is 0 Å². The zero-order valence-corrected chi connectivity index (χ0v) is 15.6. The molecular weight excluding hydrogens is 389 g/mol. The van der Waals surface area contributed by atoms with Gasteiger partial charge in [-0.05, 0) is 36.6 Å². The molecule has 2 aliphatic heterocycles. The number of alkyl halides is 3. The second kappa shape index (κ2) is 6.84. The van der Waals surface area contributed by atoms with Crippen LogP contribution in [-0.4, -0.2) is 23.2 Å². The van der Waals surface area contributed by atoms with E-state index in [1.165, 1.54) is 28.8 Å². The molecule has 1 atom stereocenters. The van der Waals surface area contributed by atoms with Gasteiger partial charge in [-0.15, -0.1) is 0 Å². The van der Waals surface area contributed by atoms with Crippen molar-refractivity contribution in [2.24, 2.45) is 0 Å². The van der Waals surface area contributed by atoms with Crippen molar-refractivity contribution in [2.75, 3.05) is 11.4 Å². The molecule has 1 N–H and O–H groups in total. The molecule has 1 unspecified atom stereocenters. The van der Waals surface area contributed by atoms with Crippen molar-refractivity contribution in [3.8, 4) is 0 Å². The molecule has 2 aromatic carbocycles. The Kier molecular flexibility index (Phi) is 4.61. The smallest absolute Gasteiger partial charge is 0.353 e. The number of carbonyl (C=O) groups is 2. The number of halogens is 3. The van der Waals surface area contributed by atoms with Crippen LogP contribution in [0.15, 0.2) is 53.4 Å². The molecule has 4 nitrogen and oxygen atoms in total. The molecule has 2 aromatic rings. The minimum absolute atomic E-state index is 0.0586. The van der Waals surface area contributed by atoms with Gasteiger partial charge in [0.05, 0.1) is 11.3 Å². The van der Waals surface area contributed by atoms with Crippen LogP contribution in [-0.2, 0) is 22.2 Å². The molecule has 1 fully saturated rings. The van der Waals surface area contributed by atoms with Gasteiger partial charge in [-0.1, -0.05) is 42.1 Å². The SMILES string of the molecule is O=C1CCC2(C(=O)NCCc3ccccc3C(F)(F)F)Sc3ccccc3N12. The number of carbonyl (C=O) groups excluding carboxylic acids is 2. The Morgan fingerprint density at radius 1 is 1.14 bits per heavy atom. The van der Waals surface area contributed by atoms with Gasteiger partial charge in [0, 0.05) is 17.9 Å². The highest BCUT2D eigenvalue weighted by Gasteiger charge is 2.57. The molecule has 146 valence electrons. The summed E-state index contributed by atoms with van der Waals surface area (Å²) in [6, 6.07) is 12.7. The van der Waals surface area contributed by atoms with Gasteiger partial charge in [0.15, 0.2) is 4.87 Å². The Hall–Kier alpha value is -2.48. The standard InChI is InChI=1S/C20H17F3N2O2S/c21-20(22,23)14-6-2-1-5-13(14)10-12-24-18(27)19-11-9-17(26)25(19)15-7-3-4-8-16(15)28-19/h1-8H,9-12H2,(H,24,27). The van der Waals surface area contributed by atoms with Gasteiger partial charge in [-0.3, -0.25) is 14.5 Å². The van der Waals surface area contributed by atoms with Crippen molar-refractivity contribution < 1.29 is 22.8 Å². The molecule has 0 spiro atoms. The lowest BCUT2D eigenvalue weighted by Crippen LogP contribution is -2.52. The van der Waals surface area contributed by atoms with Crippen molar-refractivity contribution in [3.63, 3.8) is 0 Å². The number of fused-ring (bicyclic) bond motifs is 3. The van der Waals surface area contributed by atoms with E-state index in [0.29, 0.717) is 12.1 Å². The first-order valence-electron chi connectivity index (χ1n) is 8.87. The van der Waals surface area contributed by atoms with E-state index in [4.69, 9.17) is 0 Å². The number of amides is 2. The molecule has 0 bridgehead atoms. The summed E-state index contributed by atoms with van der Waals surface area (Å²) in [4.78, 5) is 26.7. The maximum Gasteiger partial charge on any atom is 0.416 e. The zero-order chi connectivity index (χ0) is 19.9. The maximum atomic E-state index is 13.1. The summed E-state index contributed by atoms with van der Waals surface area (Å²) < 4.78 is 39.3. The normalized spacial score (nSPS) is 20.8. The van der Waals surface area contributed by atoms with E-state index in [1.54, 1.807) is 12.1 Å². The van der Waals surface area contributed by atoms with E-state index < -0.39 is 16.6 Å². The number of hydrogen-bond donors (Lipinski definition) is 1. The van der Waals surface area contributed by atoms with Crippen molar-refractivity contribution in [2.45, 2.75) is 35.2 Å². The summed E-state index contributed by atoms with van der Waals surface area (Å²) in [5.74, 6) is -0.459. The summed E-state index contributed by atoms with van der Waals surface area (Å²) in [6.07, 6.45) is -3.73. The first kappa shape index (κ1) is 18.9. The van der Waals surface area contributed by atoms with Crippen molar-refractivity contribution in [1.29, 1.82) is 0 Å². The molecule has 0 radical (unpaired) electrons. The topological polar surface area (TPSA) is 49.4 Å². The highest BCUT2D eigenvalue weighted by Crippen LogP contribution is 2.55. The van der Waals surface area contributed by atoms with Gasteiger partial charge in [0.2, 0.25) is 5.91 Å². The number of nitrogens with zero attached hydrogens (tertiary/aromatic N) is 1. The number of anilines is 1. The lowest BCUT2D eigenvalue weighted by atomic mass is 10.0. The molecule has 1 saturated heterocycles. The minimum atomic E-state index is -4.43. The number of benzene rings is 2. The van der Waals surface area contributed by atoms with Crippen LogP contribution in [0, 0.1) is 0 Å². The largest absolute Gasteiger partial charge is 0.416 e. The summed E-state index contributed by atoms with van der Waals surface area (Å²) >= 11 is 1.33. The first-order chi connectivity index (χ1) is 13.3. The van der Waals surface area contributed by atoms with E-state index in [0.717, 1.165) is 11.0 Å². The number of para-hydroxylation sites is 1. The Bertz CT molecular complexity index is 947. The maximum absolute atomic E-state index is 13.1. The highest BCUT2D eigenvalue weighted by molar-refractivity contribution is 8.02. The van der Waals surface area contributed by atoms with Crippen LogP contribution < -0.4 is 10.2 Å². The van der Waals surface area contributed by atoms with Gasteiger partial charge in [0.1, 0.15) is 0 Å². The van der Waals surface area contributed by atoms with Crippen molar-refractivity contribution >= 4 is 29.3 Å². The molecule has 2 aliphatic rings. The fourth-order valence-corrected chi connectivity index (χ4v) is 5.20. The van der Waals surface area contributed by atoms with Crippen LogP contribution in [0.3, 0.4) is 0 Å². The highest BCUT2D eigenvalue weighted by atomic mass is 32.2. The van der Waals surface area contributed by atoms with Gasteiger partial charge >= 0.3 is 6.18 Å². The molecule has 2 heterocycles. The van der Waals surface area contributed by atoms with Crippen LogP contribution in [0.1, 0.15) is 24.0 Å². The first-order valence-corrected chi connectivity index (χ1v) is 9.69. The molecule has 28 heavy (non-hydrogen) atoms. The zero-order valence-electron chi connectivity index (χ0n) is 14.8. The van der Waals surface area contributed by atoms with Gasteiger partial charge in [0.25, 0.3) is 5.91 Å². The molecule has 0 aliphatic carbocycles. The fourth-order valence-electron chi connectivity index (χ4n) is 3.76. The summed E-state index contributed by atoms with van der Waals surface area (Å²) in [7, 11) is 0. The Labute approximate surface area is 164 Å². The quantitative estimate of drug-likeness (QED) is 0.835. The van der Waals surface area contributed by atoms with Crippen LogP contribution in [0.2, 0.25) is 0 Å². The summed E-state index contributed by atoms with van der Waals surface area (Å²) in [6.45, 7) is 0.0621. The van der Waals surface area contributed by atoms with Crippen molar-refractivity contribution in [3.05, 3.63) is 59.7 Å². The number of nitrogens with one attached hydrogen (secondary N) is 1. The van der Waals surface area contributed by atoms with Crippen LogP contribution in [0.5, 0.6) is 0 Å². The fraction of sp³-hybridized carbons (Fsp3) is 0.300. The van der Waals surface area contributed by atoms with E-state index in [-0.39, 0.29) is 36.8 Å². The Balaban J connectivity index is 1.49. The summed E-state index contributed by atoms with van der Waals surface area (Å²) in [5.41, 5.74) is 0.157. The summed E-state index contributed by atoms with van der Waals surface area (Å²) in [5, 5.41) is 2.75. The minimum Gasteiger partial charge on any atom is -0.353 e. The Morgan fingerprint density at radius 2 is 1.86 bits per heavy atom. The third kappa shape index (κ3) is 3.05. The van der Waals surface area contributed by atoms with E-state index >= 15 is 0 Å². The van der Waals surface area contributed by atoms with Gasteiger partial charge in [-0.25, -0.2) is 0 Å². The van der Waals surface area contributed by atoms with E-state index in [2.05, 4.69) is 5.32 Å². The third-order valence-electron chi connectivity index (χ3n) is 5.03. The molecule has 8 heteroatoms. The van der Waals surface area contributed by atoms with Crippen LogP contribution >= 0.6 is 11.8 Å². The lowest BCUT2D eigenvalue weighted by Gasteiger charge is -2.29.